The lowest BCUT2D eigenvalue weighted by Gasteiger charge is -2.17. The molecule has 0 radical (unpaired) electrons. The van der Waals surface area contributed by atoms with Crippen LogP contribution in [-0.4, -0.2) is 33.5 Å². The van der Waals surface area contributed by atoms with Crippen molar-refractivity contribution < 1.29 is 19.1 Å². The number of fused-ring (bicyclic) bond motifs is 1. The summed E-state index contributed by atoms with van der Waals surface area (Å²) in [6.45, 7) is 0.479. The molecule has 1 aromatic heterocycles. The molecule has 4 rings (SSSR count). The zero-order valence-electron chi connectivity index (χ0n) is 16.6. The number of aliphatic hydroxyl groups is 1. The fraction of sp³-hybridized carbons (Fsp3) is 0.174. The Balaban J connectivity index is 1.36. The van der Waals surface area contributed by atoms with E-state index < -0.39 is 6.04 Å². The molecule has 2 heterocycles. The molecular formula is C23H21FN4O3. The van der Waals surface area contributed by atoms with Crippen molar-refractivity contribution in [1.82, 2.24) is 15.2 Å². The number of carbonyl (C=O) groups is 2. The van der Waals surface area contributed by atoms with Gasteiger partial charge in [0.25, 0.3) is 5.91 Å². The molecule has 158 valence electrons. The van der Waals surface area contributed by atoms with Gasteiger partial charge in [-0.1, -0.05) is 12.1 Å². The lowest BCUT2D eigenvalue weighted by molar-refractivity contribution is 0.0914. The van der Waals surface area contributed by atoms with Crippen LogP contribution in [0.25, 0.3) is 0 Å². The minimum absolute atomic E-state index is 0.279. The summed E-state index contributed by atoms with van der Waals surface area (Å²) in [7, 11) is 0. The zero-order chi connectivity index (χ0) is 21.8. The minimum atomic E-state index is -0.616. The highest BCUT2D eigenvalue weighted by Gasteiger charge is 2.24. The number of aliphatic hydroxyl groups excluding tert-OH is 1. The topological polar surface area (TPSA) is 94.6 Å². The first-order valence-electron chi connectivity index (χ1n) is 9.79. The normalized spacial score (nSPS) is 13.4. The van der Waals surface area contributed by atoms with Gasteiger partial charge in [0.1, 0.15) is 5.82 Å². The van der Waals surface area contributed by atoms with Crippen LogP contribution in [0.1, 0.15) is 33.2 Å². The highest BCUT2D eigenvalue weighted by atomic mass is 19.1. The minimum Gasteiger partial charge on any atom is -0.394 e. The molecule has 0 spiro atoms. The van der Waals surface area contributed by atoms with Crippen molar-refractivity contribution in [3.8, 4) is 0 Å². The molecule has 1 atom stereocenters. The van der Waals surface area contributed by atoms with E-state index in [1.165, 1.54) is 12.1 Å². The Morgan fingerprint density at radius 1 is 1.06 bits per heavy atom. The molecule has 3 N–H and O–H groups in total. The van der Waals surface area contributed by atoms with Crippen molar-refractivity contribution in [3.05, 3.63) is 95.1 Å². The van der Waals surface area contributed by atoms with Crippen LogP contribution in [0.15, 0.2) is 66.9 Å². The maximum absolute atomic E-state index is 13.4. The van der Waals surface area contributed by atoms with Crippen molar-refractivity contribution in [3.63, 3.8) is 0 Å². The maximum atomic E-state index is 13.4. The van der Waals surface area contributed by atoms with Crippen molar-refractivity contribution in [2.45, 2.75) is 19.1 Å². The summed E-state index contributed by atoms with van der Waals surface area (Å²) in [4.78, 5) is 30.8. The second-order valence-electron chi connectivity index (χ2n) is 7.24. The van der Waals surface area contributed by atoms with E-state index in [1.54, 1.807) is 59.6 Å². The number of amides is 3. The summed E-state index contributed by atoms with van der Waals surface area (Å²) < 4.78 is 13.4. The van der Waals surface area contributed by atoms with E-state index in [1.807, 2.05) is 0 Å². The van der Waals surface area contributed by atoms with Gasteiger partial charge < -0.3 is 20.6 Å². The maximum Gasteiger partial charge on any atom is 0.322 e. The largest absolute Gasteiger partial charge is 0.394 e. The first-order valence-corrected chi connectivity index (χ1v) is 9.79. The van der Waals surface area contributed by atoms with E-state index in [2.05, 4.69) is 15.6 Å². The quantitative estimate of drug-likeness (QED) is 0.591. The smallest absolute Gasteiger partial charge is 0.322 e. The number of nitrogens with zero attached hydrogens (tertiary/aromatic N) is 2. The molecule has 0 saturated carbocycles. The van der Waals surface area contributed by atoms with Crippen molar-refractivity contribution in [2.75, 3.05) is 11.9 Å². The first-order chi connectivity index (χ1) is 15.0. The second-order valence-corrected chi connectivity index (χ2v) is 7.24. The number of halogens is 1. The third-order valence-corrected chi connectivity index (χ3v) is 5.11. The monoisotopic (exact) mass is 420 g/mol. The van der Waals surface area contributed by atoms with Gasteiger partial charge in [-0.05, 0) is 59.7 Å². The Bertz CT molecular complexity index is 1090. The molecule has 3 amide bonds. The average molecular weight is 420 g/mol. The number of hydrogen-bond acceptors (Lipinski definition) is 4. The van der Waals surface area contributed by atoms with Gasteiger partial charge in [-0.25, -0.2) is 9.18 Å². The highest BCUT2D eigenvalue weighted by Crippen LogP contribution is 2.24. The summed E-state index contributed by atoms with van der Waals surface area (Å²) in [5.74, 6) is -0.680. The molecule has 8 heteroatoms. The summed E-state index contributed by atoms with van der Waals surface area (Å²) in [6.07, 6.45) is 1.59. The molecule has 3 aromatic rings. The number of urea groups is 1. The number of benzene rings is 2. The lowest BCUT2D eigenvalue weighted by atomic mass is 10.1. The van der Waals surface area contributed by atoms with E-state index in [0.717, 1.165) is 11.1 Å². The summed E-state index contributed by atoms with van der Waals surface area (Å²) in [5, 5.41) is 15.1. The number of aromatic nitrogens is 1. The van der Waals surface area contributed by atoms with Crippen LogP contribution in [0.2, 0.25) is 0 Å². The number of nitrogens with one attached hydrogen (secondary N) is 2. The number of anilines is 1. The number of hydrogen-bond donors (Lipinski definition) is 3. The van der Waals surface area contributed by atoms with Gasteiger partial charge in [0.2, 0.25) is 0 Å². The third kappa shape index (κ3) is 4.70. The van der Waals surface area contributed by atoms with Crippen molar-refractivity contribution in [2.24, 2.45) is 0 Å². The first kappa shape index (κ1) is 20.5. The van der Waals surface area contributed by atoms with Crippen LogP contribution in [-0.2, 0) is 13.1 Å². The average Bonchev–Trinajstić information content (AvgIpc) is 3.22. The van der Waals surface area contributed by atoms with Crippen molar-refractivity contribution >= 4 is 17.6 Å². The molecule has 0 saturated heterocycles. The van der Waals surface area contributed by atoms with Crippen LogP contribution in [0.4, 0.5) is 14.9 Å². The Hall–Kier alpha value is -3.78. The van der Waals surface area contributed by atoms with E-state index in [-0.39, 0.29) is 24.4 Å². The van der Waals surface area contributed by atoms with E-state index in [0.29, 0.717) is 30.0 Å². The zero-order valence-corrected chi connectivity index (χ0v) is 16.6. The third-order valence-electron chi connectivity index (χ3n) is 5.11. The molecule has 0 fully saturated rings. The molecule has 0 unspecified atom stereocenters. The van der Waals surface area contributed by atoms with Gasteiger partial charge in [0.15, 0.2) is 0 Å². The van der Waals surface area contributed by atoms with Gasteiger partial charge >= 0.3 is 6.03 Å². The Kier molecular flexibility index (Phi) is 5.90. The molecule has 7 nitrogen and oxygen atoms in total. The lowest BCUT2D eigenvalue weighted by Crippen LogP contribution is -2.31. The highest BCUT2D eigenvalue weighted by molar-refractivity contribution is 5.95. The Morgan fingerprint density at radius 3 is 2.55 bits per heavy atom. The van der Waals surface area contributed by atoms with E-state index in [9.17, 15) is 19.1 Å². The second kappa shape index (κ2) is 8.93. The molecule has 0 aliphatic carbocycles. The van der Waals surface area contributed by atoms with E-state index >= 15 is 0 Å². The number of pyridine rings is 1. The summed E-state index contributed by atoms with van der Waals surface area (Å²) in [5.41, 5.74) is 3.21. The number of carbonyl (C=O) groups excluding carboxylic acids is 2. The van der Waals surface area contributed by atoms with Crippen LogP contribution in [0.5, 0.6) is 0 Å². The molecule has 1 aliphatic heterocycles. The predicted octanol–water partition coefficient (Wildman–Crippen LogP) is 3.23. The van der Waals surface area contributed by atoms with Gasteiger partial charge in [0.05, 0.1) is 18.3 Å². The van der Waals surface area contributed by atoms with Crippen LogP contribution in [0, 0.1) is 5.82 Å². The van der Waals surface area contributed by atoms with Gasteiger partial charge in [-0.15, -0.1) is 0 Å². The van der Waals surface area contributed by atoms with Gasteiger partial charge in [-0.3, -0.25) is 9.78 Å². The van der Waals surface area contributed by atoms with Crippen molar-refractivity contribution in [1.29, 1.82) is 0 Å². The summed E-state index contributed by atoms with van der Waals surface area (Å²) in [6, 6.07) is 15.3. The SMILES string of the molecule is O=C(N[C@H](CO)c1ccccn1)c1ccc(NC(=O)N2Cc3ccc(F)cc3C2)cc1. The summed E-state index contributed by atoms with van der Waals surface area (Å²) >= 11 is 0. The Morgan fingerprint density at radius 2 is 1.84 bits per heavy atom. The predicted molar refractivity (Wildman–Crippen MR) is 113 cm³/mol. The Labute approximate surface area is 178 Å². The fourth-order valence-electron chi connectivity index (χ4n) is 3.45. The molecule has 31 heavy (non-hydrogen) atoms. The van der Waals surface area contributed by atoms with E-state index in [4.69, 9.17) is 0 Å². The van der Waals surface area contributed by atoms with Gasteiger partial charge in [0, 0.05) is 30.5 Å². The molecule has 0 bridgehead atoms. The molecular weight excluding hydrogens is 399 g/mol. The number of rotatable bonds is 5. The van der Waals surface area contributed by atoms with Gasteiger partial charge in [-0.2, -0.15) is 0 Å². The fourth-order valence-corrected chi connectivity index (χ4v) is 3.45. The van der Waals surface area contributed by atoms with Crippen LogP contribution >= 0.6 is 0 Å². The molecule has 1 aliphatic rings. The standard InChI is InChI=1S/C23H21FN4O3/c24-18-7-4-16-12-28(13-17(16)11-18)23(31)26-19-8-5-15(6-9-19)22(30)27-21(14-29)20-3-1-2-10-25-20/h1-11,21,29H,12-14H2,(H,26,31)(H,27,30)/t21-/m1/s1. The van der Waals surface area contributed by atoms with Crippen LogP contribution < -0.4 is 10.6 Å². The molecule has 2 aromatic carbocycles. The van der Waals surface area contributed by atoms with Crippen LogP contribution in [0.3, 0.4) is 0 Å².